The lowest BCUT2D eigenvalue weighted by Gasteiger charge is -2.47. The smallest absolute Gasteiger partial charge is 0.269 e. The predicted octanol–water partition coefficient (Wildman–Crippen LogP) is 6.62. The van der Waals surface area contributed by atoms with Gasteiger partial charge in [0, 0.05) is 48.5 Å². The van der Waals surface area contributed by atoms with E-state index >= 15 is 0 Å². The molecule has 2 saturated heterocycles. The number of non-ortho nitro benzene ring substituents is 1. The van der Waals surface area contributed by atoms with Gasteiger partial charge in [-0.1, -0.05) is 6.92 Å². The topological polar surface area (TPSA) is 127 Å². The maximum atomic E-state index is 13.2. The molecule has 2 aliphatic rings. The van der Waals surface area contributed by atoms with Gasteiger partial charge in [-0.3, -0.25) is 19.7 Å². The molecule has 1 aromatic carbocycles. The summed E-state index contributed by atoms with van der Waals surface area (Å²) < 4.78 is 32.5. The van der Waals surface area contributed by atoms with Gasteiger partial charge in [-0.05, 0) is 78.0 Å². The maximum Gasteiger partial charge on any atom is 0.269 e. The Hall–Kier alpha value is -1.59. The summed E-state index contributed by atoms with van der Waals surface area (Å²) in [6, 6.07) is 5.34. The van der Waals surface area contributed by atoms with Crippen molar-refractivity contribution >= 4 is 42.2 Å². The van der Waals surface area contributed by atoms with E-state index in [1.54, 1.807) is 0 Å². The van der Waals surface area contributed by atoms with Crippen molar-refractivity contribution in [2.24, 2.45) is 11.8 Å². The highest BCUT2D eigenvalue weighted by Crippen LogP contribution is 2.40. The molecule has 0 spiro atoms. The first-order chi connectivity index (χ1) is 20.1. The van der Waals surface area contributed by atoms with Crippen molar-refractivity contribution in [3.05, 3.63) is 39.9 Å². The fourth-order valence-electron chi connectivity index (χ4n) is 5.80. The second-order valence-corrected chi connectivity index (χ2v) is 28.7. The number of benzene rings is 1. The molecular formula is C31H53NO9Si3. The molecule has 0 N–H and O–H groups in total. The van der Waals surface area contributed by atoms with Crippen LogP contribution in [0.5, 0.6) is 0 Å². The van der Waals surface area contributed by atoms with Crippen LogP contribution in [0.4, 0.5) is 5.69 Å². The van der Waals surface area contributed by atoms with Gasteiger partial charge in [0.25, 0.3) is 5.69 Å². The quantitative estimate of drug-likeness (QED) is 0.0478. The summed E-state index contributed by atoms with van der Waals surface area (Å²) in [5.41, 5.74) is 0.171. The Labute approximate surface area is 266 Å². The number of nitro benzene ring substituents is 1. The fourth-order valence-corrected chi connectivity index (χ4v) is 9.38. The Morgan fingerprint density at radius 3 is 2.00 bits per heavy atom. The molecule has 0 unspecified atom stereocenters. The molecule has 2 heterocycles. The first-order valence-electron chi connectivity index (χ1n) is 15.7. The third-order valence-corrected chi connectivity index (χ3v) is 10.8. The second-order valence-electron chi connectivity index (χ2n) is 15.3. The highest BCUT2D eigenvalue weighted by Gasteiger charge is 2.52. The second kappa shape index (κ2) is 14.4. The molecule has 13 heteroatoms. The molecule has 2 aliphatic heterocycles. The minimum absolute atomic E-state index is 0.0421. The van der Waals surface area contributed by atoms with Crippen LogP contribution in [0.25, 0.3) is 0 Å². The first-order valence-corrected chi connectivity index (χ1v) is 26.0. The molecule has 0 saturated carbocycles. The number of hydrogen-bond acceptors (Lipinski definition) is 9. The van der Waals surface area contributed by atoms with Crippen LogP contribution in [0.15, 0.2) is 24.3 Å². The number of ether oxygens (including phenoxy) is 2. The molecule has 0 bridgehead atoms. The van der Waals surface area contributed by atoms with E-state index in [1.165, 1.54) is 24.3 Å². The summed E-state index contributed by atoms with van der Waals surface area (Å²) in [4.78, 5) is 36.5. The third-order valence-electron chi connectivity index (χ3n) is 7.79. The van der Waals surface area contributed by atoms with Crippen molar-refractivity contribution in [2.45, 2.75) is 129 Å². The van der Waals surface area contributed by atoms with Gasteiger partial charge in [-0.2, -0.15) is 0 Å². The molecule has 248 valence electrons. The summed E-state index contributed by atoms with van der Waals surface area (Å²) in [5.74, 6) is -0.599. The lowest BCUT2D eigenvalue weighted by atomic mass is 9.85. The number of ketones is 2. The van der Waals surface area contributed by atoms with E-state index in [0.717, 1.165) is 0 Å². The van der Waals surface area contributed by atoms with Crippen LogP contribution < -0.4 is 0 Å². The Kier molecular flexibility index (Phi) is 12.1. The van der Waals surface area contributed by atoms with Gasteiger partial charge >= 0.3 is 0 Å². The van der Waals surface area contributed by atoms with E-state index in [-0.39, 0.29) is 84.1 Å². The SMILES string of the molecule is C[C@@H]([C@@H]1O[C@H]1C[C@@H]1OC[C@H](CC(=O)CC(=O)c2ccc([N+](=O)[O-])cc2)[C@@H](O[Si](C)(C)C)[C@@H]1O[Si](C)(C)C)[C@H](C)O[Si](C)(C)C. The summed E-state index contributed by atoms with van der Waals surface area (Å²) in [6.45, 7) is 24.0. The normalized spacial score (nSPS) is 27.4. The highest BCUT2D eigenvalue weighted by atomic mass is 28.4. The van der Waals surface area contributed by atoms with Crippen molar-refractivity contribution in [1.29, 1.82) is 0 Å². The van der Waals surface area contributed by atoms with E-state index in [1.807, 2.05) is 0 Å². The van der Waals surface area contributed by atoms with Crippen molar-refractivity contribution in [1.82, 2.24) is 0 Å². The van der Waals surface area contributed by atoms with Gasteiger partial charge in [0.05, 0.1) is 48.5 Å². The van der Waals surface area contributed by atoms with Crippen molar-refractivity contribution in [2.75, 3.05) is 6.61 Å². The van der Waals surface area contributed by atoms with Gasteiger partial charge in [0.2, 0.25) is 0 Å². The Morgan fingerprint density at radius 2 is 1.48 bits per heavy atom. The van der Waals surface area contributed by atoms with E-state index < -0.39 is 29.9 Å². The average Bonchev–Trinajstić information content (AvgIpc) is 3.63. The van der Waals surface area contributed by atoms with Crippen molar-refractivity contribution < 1.29 is 37.3 Å². The number of nitro groups is 1. The Bertz CT molecular complexity index is 1160. The molecule has 0 aromatic heterocycles. The van der Waals surface area contributed by atoms with Gasteiger partial charge < -0.3 is 22.8 Å². The Balaban J connectivity index is 1.73. The van der Waals surface area contributed by atoms with Crippen LogP contribution in [0, 0.1) is 22.0 Å². The summed E-state index contributed by atoms with van der Waals surface area (Å²) in [6.07, 6.45) is -0.207. The van der Waals surface area contributed by atoms with E-state index in [9.17, 15) is 19.7 Å². The zero-order chi connectivity index (χ0) is 33.2. The number of Topliss-reactive ketones (excluding diaryl/α,β-unsaturated/α-hetero) is 2. The lowest BCUT2D eigenvalue weighted by molar-refractivity contribution is -0.384. The van der Waals surface area contributed by atoms with Crippen LogP contribution in [0.1, 0.15) is 43.5 Å². The molecule has 1 aromatic rings. The molecule has 10 nitrogen and oxygen atoms in total. The highest BCUT2D eigenvalue weighted by molar-refractivity contribution is 6.70. The minimum Gasteiger partial charge on any atom is -0.415 e. The van der Waals surface area contributed by atoms with Crippen LogP contribution in [-0.2, 0) is 27.5 Å². The summed E-state index contributed by atoms with van der Waals surface area (Å²) >= 11 is 0. The average molecular weight is 668 g/mol. The molecule has 0 radical (unpaired) electrons. The van der Waals surface area contributed by atoms with E-state index in [0.29, 0.717) is 13.0 Å². The lowest BCUT2D eigenvalue weighted by Crippen LogP contribution is -2.58. The molecule has 44 heavy (non-hydrogen) atoms. The van der Waals surface area contributed by atoms with Gasteiger partial charge in [-0.15, -0.1) is 0 Å². The molecule has 8 atom stereocenters. The van der Waals surface area contributed by atoms with Crippen LogP contribution in [-0.4, -0.2) is 84.7 Å². The molecular weight excluding hydrogens is 615 g/mol. The summed E-state index contributed by atoms with van der Waals surface area (Å²) in [7, 11) is -5.81. The number of epoxide rings is 1. The number of carbonyl (C=O) groups is 2. The zero-order valence-electron chi connectivity index (χ0n) is 28.4. The van der Waals surface area contributed by atoms with Crippen molar-refractivity contribution in [3.63, 3.8) is 0 Å². The van der Waals surface area contributed by atoms with Gasteiger partial charge in [0.15, 0.2) is 30.7 Å². The first kappa shape index (κ1) is 36.9. The van der Waals surface area contributed by atoms with E-state index in [2.05, 4.69) is 72.8 Å². The molecule has 0 aliphatic carbocycles. The number of carbonyl (C=O) groups excluding carboxylic acids is 2. The zero-order valence-corrected chi connectivity index (χ0v) is 31.4. The number of rotatable bonds is 16. The minimum atomic E-state index is -2.07. The van der Waals surface area contributed by atoms with Crippen LogP contribution in [0.3, 0.4) is 0 Å². The Morgan fingerprint density at radius 1 is 0.909 bits per heavy atom. The maximum absolute atomic E-state index is 13.2. The molecule has 3 rings (SSSR count). The monoisotopic (exact) mass is 667 g/mol. The van der Waals surface area contributed by atoms with E-state index in [4.69, 9.17) is 22.8 Å². The van der Waals surface area contributed by atoms with Gasteiger partial charge in [-0.25, -0.2) is 0 Å². The third kappa shape index (κ3) is 11.3. The largest absolute Gasteiger partial charge is 0.415 e. The standard InChI is InChI=1S/C31H53NO9Si3/c1-20(21(2)39-42(3,4)5)29-28(38-29)18-27-31(41-44(9,10)11)30(40-43(6,7)8)23(19-37-27)16-25(33)17-26(34)22-12-14-24(15-13-22)32(35)36/h12-15,20-21,23,27-31H,16-19H2,1-11H3/t20-,21+,23+,27+,28+,29+,30-,31-/m1/s1. The summed E-state index contributed by atoms with van der Waals surface area (Å²) in [5, 5.41) is 11.0. The molecule has 0 amide bonds. The predicted molar refractivity (Wildman–Crippen MR) is 178 cm³/mol. The number of hydrogen-bond donors (Lipinski definition) is 0. The number of nitrogens with zero attached hydrogens (tertiary/aromatic N) is 1. The molecule has 2 fully saturated rings. The van der Waals surface area contributed by atoms with Crippen LogP contribution in [0.2, 0.25) is 58.9 Å². The van der Waals surface area contributed by atoms with Gasteiger partial charge in [0.1, 0.15) is 5.78 Å². The van der Waals surface area contributed by atoms with Crippen LogP contribution >= 0.6 is 0 Å². The fraction of sp³-hybridized carbons (Fsp3) is 0.742. The van der Waals surface area contributed by atoms with Crippen molar-refractivity contribution in [3.8, 4) is 0 Å².